The van der Waals surface area contributed by atoms with Crippen molar-refractivity contribution in [3.63, 3.8) is 0 Å². The number of aromatic nitrogens is 1. The summed E-state index contributed by atoms with van der Waals surface area (Å²) in [7, 11) is 0. The van der Waals surface area contributed by atoms with E-state index in [1.807, 2.05) is 12.3 Å². The van der Waals surface area contributed by atoms with Crippen molar-refractivity contribution in [1.29, 1.82) is 0 Å². The van der Waals surface area contributed by atoms with Gasteiger partial charge in [-0.1, -0.05) is 11.6 Å². The number of carbonyl (C=O) groups excluding carboxylic acids is 1. The lowest BCUT2D eigenvalue weighted by molar-refractivity contribution is 0.0696. The number of nitrogens with one attached hydrogen (secondary N) is 1. The van der Waals surface area contributed by atoms with Gasteiger partial charge in [-0.05, 0) is 36.6 Å². The third kappa shape index (κ3) is 3.74. The number of carboxylic acids is 1. The van der Waals surface area contributed by atoms with Gasteiger partial charge in [0.15, 0.2) is 0 Å². The van der Waals surface area contributed by atoms with Crippen LogP contribution in [-0.2, 0) is 0 Å². The number of anilines is 1. The van der Waals surface area contributed by atoms with Crippen molar-refractivity contribution in [1.82, 2.24) is 4.98 Å². The molecule has 0 spiro atoms. The lowest BCUT2D eigenvalue weighted by Crippen LogP contribution is -2.14. The minimum absolute atomic E-state index is 0.0456. The quantitative estimate of drug-likeness (QED) is 0.843. The smallest absolute Gasteiger partial charge is 0.335 e. The Labute approximate surface area is 130 Å². The number of halogens is 1. The topological polar surface area (TPSA) is 79.3 Å². The number of carbonyl (C=O) groups is 2. The van der Waals surface area contributed by atoms with Gasteiger partial charge in [-0.3, -0.25) is 4.79 Å². The Morgan fingerprint density at radius 2 is 2.05 bits per heavy atom. The Morgan fingerprint density at radius 3 is 2.71 bits per heavy atom. The molecule has 0 fully saturated rings. The first-order valence-corrected chi connectivity index (χ1v) is 7.46. The van der Waals surface area contributed by atoms with E-state index in [-0.39, 0.29) is 11.4 Å². The van der Waals surface area contributed by atoms with E-state index in [4.69, 9.17) is 16.7 Å². The highest BCUT2D eigenvalue weighted by atomic mass is 35.5. The van der Waals surface area contributed by atoms with Crippen molar-refractivity contribution in [3.8, 4) is 0 Å². The first-order chi connectivity index (χ1) is 10.0. The van der Waals surface area contributed by atoms with Crippen LogP contribution in [0, 0.1) is 0 Å². The molecule has 0 aliphatic heterocycles. The van der Waals surface area contributed by atoms with Crippen LogP contribution in [0.4, 0.5) is 5.82 Å². The Balaban J connectivity index is 2.25. The molecule has 108 valence electrons. The number of thioether (sulfide) groups is 1. The average molecular weight is 323 g/mol. The molecule has 0 radical (unpaired) electrons. The Kier molecular flexibility index (Phi) is 4.82. The second-order valence-electron chi connectivity index (χ2n) is 4.03. The summed E-state index contributed by atoms with van der Waals surface area (Å²) in [4.78, 5) is 27.9. The molecule has 2 rings (SSSR count). The number of aromatic carboxylic acids is 1. The fraction of sp³-hybridized carbons (Fsp3) is 0.0714. The van der Waals surface area contributed by atoms with Crippen molar-refractivity contribution < 1.29 is 14.7 Å². The molecule has 0 saturated heterocycles. The van der Waals surface area contributed by atoms with Gasteiger partial charge in [0.05, 0.1) is 16.1 Å². The van der Waals surface area contributed by atoms with E-state index >= 15 is 0 Å². The summed E-state index contributed by atoms with van der Waals surface area (Å²) in [6.07, 6.45) is 3.21. The summed E-state index contributed by atoms with van der Waals surface area (Å²) in [5, 5.41) is 11.8. The fourth-order valence-corrected chi connectivity index (χ4v) is 2.26. The van der Waals surface area contributed by atoms with Crippen LogP contribution in [0.5, 0.6) is 0 Å². The first kappa shape index (κ1) is 15.3. The van der Waals surface area contributed by atoms with Crippen molar-refractivity contribution in [2.75, 3.05) is 11.6 Å². The number of carboxylic acid groups (broad SMARTS) is 1. The number of benzene rings is 1. The summed E-state index contributed by atoms with van der Waals surface area (Å²) < 4.78 is 0. The predicted octanol–water partition coefficient (Wildman–Crippen LogP) is 3.41. The van der Waals surface area contributed by atoms with Crippen molar-refractivity contribution in [3.05, 3.63) is 52.7 Å². The van der Waals surface area contributed by atoms with Crippen LogP contribution in [0.1, 0.15) is 20.7 Å². The minimum Gasteiger partial charge on any atom is -0.478 e. The second kappa shape index (κ2) is 6.60. The molecule has 2 N–H and O–H groups in total. The lowest BCUT2D eigenvalue weighted by Gasteiger charge is -2.08. The van der Waals surface area contributed by atoms with Crippen LogP contribution < -0.4 is 5.32 Å². The number of nitrogens with zero attached hydrogens (tertiary/aromatic N) is 1. The second-order valence-corrected chi connectivity index (χ2v) is 5.32. The van der Waals surface area contributed by atoms with E-state index in [0.29, 0.717) is 10.6 Å². The van der Waals surface area contributed by atoms with Crippen molar-refractivity contribution in [2.24, 2.45) is 0 Å². The maximum Gasteiger partial charge on any atom is 0.335 e. The summed E-state index contributed by atoms with van der Waals surface area (Å²) in [5.41, 5.74) is 0.357. The molecule has 0 aliphatic carbocycles. The highest BCUT2D eigenvalue weighted by molar-refractivity contribution is 7.98. The molecular weight excluding hydrogens is 312 g/mol. The third-order valence-corrected chi connectivity index (χ3v) is 3.72. The van der Waals surface area contributed by atoms with E-state index in [1.165, 1.54) is 30.1 Å². The molecule has 0 saturated carbocycles. The molecular formula is C14H11ClN2O3S. The summed E-state index contributed by atoms with van der Waals surface area (Å²) in [6, 6.07) is 7.76. The Morgan fingerprint density at radius 1 is 1.29 bits per heavy atom. The van der Waals surface area contributed by atoms with Crippen LogP contribution in [0.15, 0.2) is 41.4 Å². The lowest BCUT2D eigenvalue weighted by atomic mass is 10.2. The molecule has 1 heterocycles. The predicted molar refractivity (Wildman–Crippen MR) is 82.4 cm³/mol. The fourth-order valence-electron chi connectivity index (χ4n) is 1.62. The standard InChI is InChI=1S/C14H11ClN2O3S/c1-21-9-2-3-11(15)10(7-9)13(18)17-12-6-8(14(19)20)4-5-16-12/h2-7H,1H3,(H,19,20)(H,16,17,18). The number of rotatable bonds is 4. The van der Waals surface area contributed by atoms with Gasteiger partial charge < -0.3 is 10.4 Å². The van der Waals surface area contributed by atoms with E-state index in [1.54, 1.807) is 12.1 Å². The Bertz CT molecular complexity index is 706. The van der Waals surface area contributed by atoms with Gasteiger partial charge in [-0.2, -0.15) is 0 Å². The minimum atomic E-state index is -1.09. The van der Waals surface area contributed by atoms with Gasteiger partial charge >= 0.3 is 5.97 Å². The highest BCUT2D eigenvalue weighted by Crippen LogP contribution is 2.23. The van der Waals surface area contributed by atoms with Crippen LogP contribution in [0.3, 0.4) is 0 Å². The molecule has 1 aromatic carbocycles. The third-order valence-electron chi connectivity index (χ3n) is 2.67. The molecule has 2 aromatic rings. The molecule has 7 heteroatoms. The molecule has 5 nitrogen and oxygen atoms in total. The molecule has 1 amide bonds. The summed E-state index contributed by atoms with van der Waals surface area (Å²) in [5.74, 6) is -1.37. The van der Waals surface area contributed by atoms with Crippen molar-refractivity contribution in [2.45, 2.75) is 4.90 Å². The van der Waals surface area contributed by atoms with Crippen LogP contribution >= 0.6 is 23.4 Å². The van der Waals surface area contributed by atoms with Gasteiger partial charge in [0, 0.05) is 11.1 Å². The number of pyridine rings is 1. The maximum atomic E-state index is 12.2. The molecule has 0 aliphatic rings. The largest absolute Gasteiger partial charge is 0.478 e. The van der Waals surface area contributed by atoms with Crippen LogP contribution in [0.25, 0.3) is 0 Å². The average Bonchev–Trinajstić information content (AvgIpc) is 2.48. The molecule has 0 bridgehead atoms. The zero-order valence-corrected chi connectivity index (χ0v) is 12.5. The Hall–Kier alpha value is -2.05. The molecule has 1 aromatic heterocycles. The van der Waals surface area contributed by atoms with Gasteiger partial charge in [0.2, 0.25) is 0 Å². The van der Waals surface area contributed by atoms with E-state index in [9.17, 15) is 9.59 Å². The molecule has 0 atom stereocenters. The summed E-state index contributed by atoms with van der Waals surface area (Å²) in [6.45, 7) is 0. The SMILES string of the molecule is CSc1ccc(Cl)c(C(=O)Nc2cc(C(=O)O)ccn2)c1. The van der Waals surface area contributed by atoms with E-state index < -0.39 is 11.9 Å². The van der Waals surface area contributed by atoms with Crippen LogP contribution in [-0.4, -0.2) is 28.2 Å². The number of amides is 1. The normalized spacial score (nSPS) is 10.2. The zero-order chi connectivity index (χ0) is 15.4. The van der Waals surface area contributed by atoms with Gasteiger partial charge in [-0.15, -0.1) is 11.8 Å². The van der Waals surface area contributed by atoms with Gasteiger partial charge in [0.1, 0.15) is 5.82 Å². The maximum absolute atomic E-state index is 12.2. The number of hydrogen-bond acceptors (Lipinski definition) is 4. The molecule has 0 unspecified atom stereocenters. The first-order valence-electron chi connectivity index (χ1n) is 5.85. The highest BCUT2D eigenvalue weighted by Gasteiger charge is 2.13. The van der Waals surface area contributed by atoms with E-state index in [2.05, 4.69) is 10.3 Å². The van der Waals surface area contributed by atoms with Gasteiger partial charge in [-0.25, -0.2) is 9.78 Å². The number of hydrogen-bond donors (Lipinski definition) is 2. The zero-order valence-electron chi connectivity index (χ0n) is 11.0. The monoisotopic (exact) mass is 322 g/mol. The van der Waals surface area contributed by atoms with Crippen molar-refractivity contribution >= 4 is 41.1 Å². The van der Waals surface area contributed by atoms with E-state index in [0.717, 1.165) is 4.90 Å². The van der Waals surface area contributed by atoms with Crippen LogP contribution in [0.2, 0.25) is 5.02 Å². The van der Waals surface area contributed by atoms with Gasteiger partial charge in [0.25, 0.3) is 5.91 Å². The summed E-state index contributed by atoms with van der Waals surface area (Å²) >= 11 is 7.50. The molecule has 21 heavy (non-hydrogen) atoms.